The van der Waals surface area contributed by atoms with Crippen LogP contribution in [0.3, 0.4) is 0 Å². The smallest absolute Gasteiger partial charge is 0.337 e. The van der Waals surface area contributed by atoms with E-state index >= 15 is 0 Å². The Morgan fingerprint density at radius 3 is 3.05 bits per heavy atom. The van der Waals surface area contributed by atoms with E-state index in [2.05, 4.69) is 11.8 Å². The molecule has 0 aromatic heterocycles. The molecule has 2 rings (SSSR count). The van der Waals surface area contributed by atoms with E-state index in [1.807, 2.05) is 0 Å². The monoisotopic (exact) mass is 283 g/mol. The van der Waals surface area contributed by atoms with Gasteiger partial charge in [0.1, 0.15) is 0 Å². The van der Waals surface area contributed by atoms with Crippen molar-refractivity contribution in [3.8, 4) is 0 Å². The number of carbonyl (C=O) groups is 1. The average Bonchev–Trinajstić information content (AvgIpc) is 2.63. The normalized spacial score (nSPS) is 20.1. The van der Waals surface area contributed by atoms with Crippen molar-refractivity contribution in [2.24, 2.45) is 0 Å². The standard InChI is InChI=1S/C14H18ClNO3/c1-2-11-9-16(6-3-7-19-11)13-5-4-10(15)8-12(13)14(17)18/h4-5,8,11H,2-3,6-7,9H2,1H3,(H,17,18). The topological polar surface area (TPSA) is 49.8 Å². The molecule has 0 bridgehead atoms. The van der Waals surface area contributed by atoms with Crippen molar-refractivity contribution in [1.29, 1.82) is 0 Å². The minimum atomic E-state index is -0.948. The SMILES string of the molecule is CCC1CN(c2ccc(Cl)cc2C(=O)O)CCCO1. The Morgan fingerprint density at radius 1 is 1.58 bits per heavy atom. The van der Waals surface area contributed by atoms with Crippen LogP contribution in [0.4, 0.5) is 5.69 Å². The van der Waals surface area contributed by atoms with E-state index in [0.29, 0.717) is 5.02 Å². The van der Waals surface area contributed by atoms with Crippen molar-refractivity contribution in [2.45, 2.75) is 25.9 Å². The maximum absolute atomic E-state index is 11.3. The predicted molar refractivity (Wildman–Crippen MR) is 75.3 cm³/mol. The third kappa shape index (κ3) is 3.39. The minimum Gasteiger partial charge on any atom is -0.478 e. The van der Waals surface area contributed by atoms with Crippen LogP contribution < -0.4 is 4.90 Å². The molecule has 5 heteroatoms. The van der Waals surface area contributed by atoms with Crippen molar-refractivity contribution in [3.63, 3.8) is 0 Å². The minimum absolute atomic E-state index is 0.153. The number of rotatable bonds is 3. The summed E-state index contributed by atoms with van der Waals surface area (Å²) in [6.07, 6.45) is 1.98. The lowest BCUT2D eigenvalue weighted by molar-refractivity contribution is 0.0660. The lowest BCUT2D eigenvalue weighted by Gasteiger charge is -2.26. The predicted octanol–water partition coefficient (Wildman–Crippen LogP) is 3.04. The number of carboxylic acids is 1. The van der Waals surface area contributed by atoms with Gasteiger partial charge in [-0.05, 0) is 31.0 Å². The fourth-order valence-electron chi connectivity index (χ4n) is 2.32. The highest BCUT2D eigenvalue weighted by Gasteiger charge is 2.21. The molecule has 1 aromatic carbocycles. The summed E-state index contributed by atoms with van der Waals surface area (Å²) in [6, 6.07) is 5.02. The number of carboxylic acid groups (broad SMARTS) is 1. The zero-order chi connectivity index (χ0) is 13.8. The van der Waals surface area contributed by atoms with Gasteiger partial charge in [0.2, 0.25) is 0 Å². The van der Waals surface area contributed by atoms with E-state index in [-0.39, 0.29) is 11.7 Å². The molecule has 19 heavy (non-hydrogen) atoms. The van der Waals surface area contributed by atoms with Crippen LogP contribution in [-0.4, -0.2) is 36.9 Å². The molecule has 1 saturated heterocycles. The first kappa shape index (κ1) is 14.2. The second-order valence-corrected chi connectivity index (χ2v) is 5.10. The quantitative estimate of drug-likeness (QED) is 0.926. The van der Waals surface area contributed by atoms with Gasteiger partial charge in [0.15, 0.2) is 0 Å². The maximum Gasteiger partial charge on any atom is 0.337 e. The largest absolute Gasteiger partial charge is 0.478 e. The Bertz CT molecular complexity index is 464. The van der Waals surface area contributed by atoms with Crippen LogP contribution in [0.25, 0.3) is 0 Å². The molecular formula is C14H18ClNO3. The van der Waals surface area contributed by atoms with Gasteiger partial charge in [-0.2, -0.15) is 0 Å². The number of nitrogens with zero attached hydrogens (tertiary/aromatic N) is 1. The summed E-state index contributed by atoms with van der Waals surface area (Å²) in [5, 5.41) is 9.74. The Labute approximate surface area is 117 Å². The maximum atomic E-state index is 11.3. The zero-order valence-corrected chi connectivity index (χ0v) is 11.7. The Hall–Kier alpha value is -1.26. The van der Waals surface area contributed by atoms with Gasteiger partial charge in [-0.25, -0.2) is 4.79 Å². The number of hydrogen-bond donors (Lipinski definition) is 1. The van der Waals surface area contributed by atoms with Crippen molar-refractivity contribution < 1.29 is 14.6 Å². The molecular weight excluding hydrogens is 266 g/mol. The van der Waals surface area contributed by atoms with Gasteiger partial charge in [-0.3, -0.25) is 0 Å². The summed E-state index contributed by atoms with van der Waals surface area (Å²) < 4.78 is 5.71. The van der Waals surface area contributed by atoms with E-state index in [4.69, 9.17) is 16.3 Å². The molecule has 104 valence electrons. The second-order valence-electron chi connectivity index (χ2n) is 4.67. The Morgan fingerprint density at radius 2 is 2.37 bits per heavy atom. The van der Waals surface area contributed by atoms with Gasteiger partial charge in [0.25, 0.3) is 0 Å². The molecule has 1 aromatic rings. The molecule has 0 amide bonds. The van der Waals surface area contributed by atoms with Crippen molar-refractivity contribution >= 4 is 23.3 Å². The highest BCUT2D eigenvalue weighted by atomic mass is 35.5. The molecule has 1 N–H and O–H groups in total. The van der Waals surface area contributed by atoms with Crippen molar-refractivity contribution in [2.75, 3.05) is 24.6 Å². The molecule has 1 fully saturated rings. The number of ether oxygens (including phenoxy) is 1. The van der Waals surface area contributed by atoms with E-state index in [0.717, 1.165) is 38.2 Å². The van der Waals surface area contributed by atoms with E-state index < -0.39 is 5.97 Å². The number of anilines is 1. The van der Waals surface area contributed by atoms with Gasteiger partial charge in [0, 0.05) is 24.7 Å². The third-order valence-corrected chi connectivity index (χ3v) is 3.57. The van der Waals surface area contributed by atoms with Crippen LogP contribution in [0.1, 0.15) is 30.1 Å². The molecule has 1 unspecified atom stereocenters. The number of aromatic carboxylic acids is 1. The first-order valence-corrected chi connectivity index (χ1v) is 6.89. The fraction of sp³-hybridized carbons (Fsp3) is 0.500. The summed E-state index contributed by atoms with van der Waals surface area (Å²) in [7, 11) is 0. The zero-order valence-electron chi connectivity index (χ0n) is 10.9. The summed E-state index contributed by atoms with van der Waals surface area (Å²) in [4.78, 5) is 13.4. The molecule has 4 nitrogen and oxygen atoms in total. The second kappa shape index (κ2) is 6.26. The van der Waals surface area contributed by atoms with Gasteiger partial charge < -0.3 is 14.7 Å². The fourth-order valence-corrected chi connectivity index (χ4v) is 2.49. The van der Waals surface area contributed by atoms with Gasteiger partial charge in [0.05, 0.1) is 17.4 Å². The highest BCUT2D eigenvalue weighted by molar-refractivity contribution is 6.31. The van der Waals surface area contributed by atoms with Gasteiger partial charge in [-0.1, -0.05) is 18.5 Å². The first-order chi connectivity index (χ1) is 9.11. The summed E-state index contributed by atoms with van der Waals surface area (Å²) in [5.41, 5.74) is 0.977. The molecule has 1 heterocycles. The Balaban J connectivity index is 2.31. The van der Waals surface area contributed by atoms with Crippen LogP contribution in [0.2, 0.25) is 5.02 Å². The lowest BCUT2D eigenvalue weighted by atomic mass is 10.1. The van der Waals surface area contributed by atoms with Crippen LogP contribution in [0.15, 0.2) is 18.2 Å². The van der Waals surface area contributed by atoms with Crippen LogP contribution >= 0.6 is 11.6 Å². The van der Waals surface area contributed by atoms with Crippen LogP contribution in [-0.2, 0) is 4.74 Å². The summed E-state index contributed by atoms with van der Waals surface area (Å²) >= 11 is 5.88. The molecule has 1 aliphatic heterocycles. The molecule has 0 spiro atoms. The van der Waals surface area contributed by atoms with Crippen LogP contribution in [0.5, 0.6) is 0 Å². The molecule has 1 aliphatic rings. The molecule has 0 saturated carbocycles. The third-order valence-electron chi connectivity index (χ3n) is 3.33. The van der Waals surface area contributed by atoms with Crippen molar-refractivity contribution in [1.82, 2.24) is 0 Å². The number of benzene rings is 1. The van der Waals surface area contributed by atoms with E-state index in [1.165, 1.54) is 6.07 Å². The molecule has 0 aliphatic carbocycles. The van der Waals surface area contributed by atoms with E-state index in [1.54, 1.807) is 12.1 Å². The van der Waals surface area contributed by atoms with Crippen LogP contribution in [0, 0.1) is 0 Å². The number of halogens is 1. The van der Waals surface area contributed by atoms with Gasteiger partial charge in [-0.15, -0.1) is 0 Å². The lowest BCUT2D eigenvalue weighted by Crippen LogP contribution is -2.32. The van der Waals surface area contributed by atoms with Gasteiger partial charge >= 0.3 is 5.97 Å². The number of hydrogen-bond acceptors (Lipinski definition) is 3. The average molecular weight is 284 g/mol. The molecule has 1 atom stereocenters. The Kier molecular flexibility index (Phi) is 4.66. The first-order valence-electron chi connectivity index (χ1n) is 6.51. The molecule has 0 radical (unpaired) electrons. The van der Waals surface area contributed by atoms with Crippen molar-refractivity contribution in [3.05, 3.63) is 28.8 Å². The summed E-state index contributed by atoms with van der Waals surface area (Å²) in [6.45, 7) is 4.33. The van der Waals surface area contributed by atoms with E-state index in [9.17, 15) is 9.90 Å². The summed E-state index contributed by atoms with van der Waals surface area (Å²) in [5.74, 6) is -0.948. The highest BCUT2D eigenvalue weighted by Crippen LogP contribution is 2.26.